The highest BCUT2D eigenvalue weighted by Crippen LogP contribution is 2.31. The van der Waals surface area contributed by atoms with Crippen molar-refractivity contribution in [2.45, 2.75) is 19.3 Å². The van der Waals surface area contributed by atoms with Crippen LogP contribution in [0.3, 0.4) is 0 Å². The second-order valence-electron chi connectivity index (χ2n) is 6.92. The summed E-state index contributed by atoms with van der Waals surface area (Å²) in [5, 5.41) is 1.37. The Morgan fingerprint density at radius 1 is 0.857 bits per heavy atom. The third-order valence-corrected chi connectivity index (χ3v) is 5.58. The number of rotatable bonds is 7. The quantitative estimate of drug-likeness (QED) is 0.376. The minimum Gasteiger partial charge on any atom is -0.294 e. The van der Waals surface area contributed by atoms with Gasteiger partial charge in [-0.15, -0.1) is 0 Å². The maximum atomic E-state index is 13.2. The van der Waals surface area contributed by atoms with Crippen molar-refractivity contribution in [1.82, 2.24) is 0 Å². The molecule has 0 amide bonds. The van der Waals surface area contributed by atoms with E-state index >= 15 is 0 Å². The fraction of sp³-hybridized carbons (Fsp3) is 0.160. The Bertz CT molecular complexity index is 963. The summed E-state index contributed by atoms with van der Waals surface area (Å²) in [6.07, 6.45) is 4.16. The molecule has 0 aromatic heterocycles. The van der Waals surface area contributed by atoms with Crippen LogP contribution in [0.2, 0.25) is 10.0 Å². The molecule has 0 aliphatic carbocycles. The van der Waals surface area contributed by atoms with E-state index in [9.17, 15) is 4.79 Å². The Morgan fingerprint density at radius 2 is 1.46 bits per heavy atom. The molecule has 28 heavy (non-hydrogen) atoms. The molecule has 2 atom stereocenters. The van der Waals surface area contributed by atoms with Gasteiger partial charge in [0.25, 0.3) is 0 Å². The van der Waals surface area contributed by atoms with Crippen LogP contribution in [0.4, 0.5) is 0 Å². The highest BCUT2D eigenvalue weighted by molar-refractivity contribution is 6.32. The fourth-order valence-corrected chi connectivity index (χ4v) is 3.86. The molecule has 3 rings (SSSR count). The molecule has 2 unspecified atom stereocenters. The lowest BCUT2D eigenvalue weighted by Crippen LogP contribution is -2.20. The number of carbonyl (C=O) groups excluding carboxylic acids is 1. The summed E-state index contributed by atoms with van der Waals surface area (Å²) in [5.41, 5.74) is 2.90. The first-order valence-corrected chi connectivity index (χ1v) is 10.1. The highest BCUT2D eigenvalue weighted by Gasteiger charge is 2.25. The van der Waals surface area contributed by atoms with Crippen LogP contribution >= 0.6 is 23.2 Å². The van der Waals surface area contributed by atoms with Crippen LogP contribution in [-0.4, -0.2) is 5.78 Å². The molecular formula is C25H22Cl2O. The van der Waals surface area contributed by atoms with Gasteiger partial charge in [-0.05, 0) is 53.3 Å². The lowest BCUT2D eigenvalue weighted by atomic mass is 9.80. The second kappa shape index (κ2) is 9.73. The summed E-state index contributed by atoms with van der Waals surface area (Å²) in [5.74, 6) is -0.104. The summed E-state index contributed by atoms with van der Waals surface area (Å²) < 4.78 is 0. The van der Waals surface area contributed by atoms with Crippen molar-refractivity contribution in [2.24, 2.45) is 5.92 Å². The van der Waals surface area contributed by atoms with Gasteiger partial charge in [0.15, 0.2) is 5.78 Å². The van der Waals surface area contributed by atoms with E-state index in [1.54, 1.807) is 12.2 Å². The van der Waals surface area contributed by atoms with Crippen LogP contribution in [0, 0.1) is 5.92 Å². The molecule has 3 aromatic carbocycles. The number of halogens is 2. The lowest BCUT2D eigenvalue weighted by Gasteiger charge is -2.23. The standard InChI is InChI=1S/C25H22Cl2O/c1-18(17-21-12-6-8-14-23(21)27)25(20-10-3-2-4-11-20)24(28)16-15-19-9-5-7-13-22(19)26/h2-16,18,25H,17H2,1H3/b16-15+. The maximum absolute atomic E-state index is 13.2. The zero-order valence-corrected chi connectivity index (χ0v) is 17.2. The zero-order chi connectivity index (χ0) is 19.9. The Balaban J connectivity index is 1.88. The second-order valence-corrected chi connectivity index (χ2v) is 7.73. The molecule has 0 saturated carbocycles. The van der Waals surface area contributed by atoms with Gasteiger partial charge < -0.3 is 0 Å². The van der Waals surface area contributed by atoms with E-state index in [4.69, 9.17) is 23.2 Å². The lowest BCUT2D eigenvalue weighted by molar-refractivity contribution is -0.116. The van der Waals surface area contributed by atoms with E-state index in [0.717, 1.165) is 28.1 Å². The van der Waals surface area contributed by atoms with E-state index in [0.29, 0.717) is 5.02 Å². The molecule has 0 radical (unpaired) electrons. The van der Waals surface area contributed by atoms with Crippen LogP contribution in [0.15, 0.2) is 84.9 Å². The third kappa shape index (κ3) is 5.13. The highest BCUT2D eigenvalue weighted by atomic mass is 35.5. The fourth-order valence-electron chi connectivity index (χ4n) is 3.45. The van der Waals surface area contributed by atoms with Gasteiger partial charge in [-0.2, -0.15) is 0 Å². The van der Waals surface area contributed by atoms with E-state index in [-0.39, 0.29) is 17.6 Å². The molecule has 0 N–H and O–H groups in total. The van der Waals surface area contributed by atoms with Crippen LogP contribution in [0.25, 0.3) is 6.08 Å². The topological polar surface area (TPSA) is 17.1 Å². The SMILES string of the molecule is CC(Cc1ccccc1Cl)C(C(=O)/C=C/c1ccccc1Cl)c1ccccc1. The molecular weight excluding hydrogens is 387 g/mol. The number of carbonyl (C=O) groups is 1. The summed E-state index contributed by atoms with van der Waals surface area (Å²) in [4.78, 5) is 13.2. The van der Waals surface area contributed by atoms with E-state index in [1.165, 1.54) is 0 Å². The zero-order valence-electron chi connectivity index (χ0n) is 15.7. The van der Waals surface area contributed by atoms with Gasteiger partial charge in [0.05, 0.1) is 0 Å². The average molecular weight is 409 g/mol. The largest absolute Gasteiger partial charge is 0.294 e. The maximum Gasteiger partial charge on any atom is 0.163 e. The number of hydrogen-bond donors (Lipinski definition) is 0. The molecule has 3 aromatic rings. The van der Waals surface area contributed by atoms with Crippen molar-refractivity contribution < 1.29 is 4.79 Å². The van der Waals surface area contributed by atoms with E-state index in [2.05, 4.69) is 6.92 Å². The monoisotopic (exact) mass is 408 g/mol. The molecule has 0 aliphatic heterocycles. The van der Waals surface area contributed by atoms with Crippen molar-refractivity contribution >= 4 is 35.1 Å². The first-order chi connectivity index (χ1) is 13.6. The number of allylic oxidation sites excluding steroid dienone is 1. The van der Waals surface area contributed by atoms with Gasteiger partial charge in [-0.3, -0.25) is 4.79 Å². The van der Waals surface area contributed by atoms with Gasteiger partial charge in [-0.25, -0.2) is 0 Å². The van der Waals surface area contributed by atoms with Crippen molar-refractivity contribution in [3.63, 3.8) is 0 Å². The van der Waals surface area contributed by atoms with Crippen LogP contribution in [-0.2, 0) is 11.2 Å². The Hall–Kier alpha value is -2.35. The molecule has 0 fully saturated rings. The normalized spacial score (nSPS) is 13.4. The van der Waals surface area contributed by atoms with Crippen LogP contribution in [0.1, 0.15) is 29.5 Å². The molecule has 0 aliphatic rings. The minimum absolute atomic E-state index is 0.0608. The Labute approximate surface area is 176 Å². The molecule has 0 spiro atoms. The average Bonchev–Trinajstić information content (AvgIpc) is 2.70. The van der Waals surface area contributed by atoms with Gasteiger partial charge in [0, 0.05) is 16.0 Å². The molecule has 0 saturated heterocycles. The van der Waals surface area contributed by atoms with Gasteiger partial charge >= 0.3 is 0 Å². The number of benzene rings is 3. The first-order valence-electron chi connectivity index (χ1n) is 9.31. The summed E-state index contributed by atoms with van der Waals surface area (Å²) in [6.45, 7) is 2.10. The van der Waals surface area contributed by atoms with Crippen molar-refractivity contribution in [3.8, 4) is 0 Å². The minimum atomic E-state index is -0.254. The summed E-state index contributed by atoms with van der Waals surface area (Å²) in [7, 11) is 0. The third-order valence-electron chi connectivity index (χ3n) is 4.87. The van der Waals surface area contributed by atoms with Crippen molar-refractivity contribution in [2.75, 3.05) is 0 Å². The predicted octanol–water partition coefficient (Wildman–Crippen LogP) is 7.24. The van der Waals surface area contributed by atoms with Crippen LogP contribution < -0.4 is 0 Å². The first kappa shape index (κ1) is 20.4. The summed E-state index contributed by atoms with van der Waals surface area (Å²) in [6, 6.07) is 25.2. The smallest absolute Gasteiger partial charge is 0.163 e. The van der Waals surface area contributed by atoms with E-state index in [1.807, 2.05) is 78.9 Å². The molecule has 0 bridgehead atoms. The molecule has 1 nitrogen and oxygen atoms in total. The summed E-state index contributed by atoms with van der Waals surface area (Å²) >= 11 is 12.6. The van der Waals surface area contributed by atoms with Gasteiger partial charge in [0.1, 0.15) is 0 Å². The molecule has 3 heteroatoms. The number of ketones is 1. The van der Waals surface area contributed by atoms with Crippen molar-refractivity contribution in [1.29, 1.82) is 0 Å². The Kier molecular flexibility index (Phi) is 7.08. The Morgan fingerprint density at radius 3 is 2.14 bits per heavy atom. The van der Waals surface area contributed by atoms with Crippen LogP contribution in [0.5, 0.6) is 0 Å². The van der Waals surface area contributed by atoms with Gasteiger partial charge in [-0.1, -0.05) is 96.9 Å². The van der Waals surface area contributed by atoms with E-state index < -0.39 is 0 Å². The predicted molar refractivity (Wildman–Crippen MR) is 119 cm³/mol. The molecule has 0 heterocycles. The van der Waals surface area contributed by atoms with Crippen molar-refractivity contribution in [3.05, 3.63) is 112 Å². The van der Waals surface area contributed by atoms with Gasteiger partial charge in [0.2, 0.25) is 0 Å². The molecule has 142 valence electrons. The number of hydrogen-bond acceptors (Lipinski definition) is 1.